The molecule has 1 fully saturated rings. The molecule has 1 aromatic heterocycles. The monoisotopic (exact) mass is 376 g/mol. The smallest absolute Gasteiger partial charge is 0.254 e. The Bertz CT molecular complexity index is 922. The fourth-order valence-electron chi connectivity index (χ4n) is 3.86. The summed E-state index contributed by atoms with van der Waals surface area (Å²) >= 11 is 0. The number of carbonyl (C=O) groups excluding carboxylic acids is 1. The quantitative estimate of drug-likeness (QED) is 0.739. The fraction of sp³-hybridized carbons (Fsp3) is 0.318. The molecule has 0 radical (unpaired) electrons. The van der Waals surface area contributed by atoms with E-state index in [0.29, 0.717) is 5.56 Å². The standard InChI is InChI=1S/C22H24N4O2/c27-21-11-8-17(9-12-21)7-10-19-5-1-2-13-26(19)22(28)18-4-3-6-20(14-18)25-15-23-24-16-25/h3-4,6,8-9,11-12,14-16,19,27H,1-2,5,7,10,13H2/t19-/m0/s1. The van der Waals surface area contributed by atoms with E-state index in [1.165, 1.54) is 5.56 Å². The third-order valence-electron chi connectivity index (χ3n) is 5.40. The molecule has 1 aliphatic heterocycles. The third-order valence-corrected chi connectivity index (χ3v) is 5.40. The van der Waals surface area contributed by atoms with Gasteiger partial charge < -0.3 is 10.0 Å². The van der Waals surface area contributed by atoms with Gasteiger partial charge in [-0.1, -0.05) is 18.2 Å². The molecule has 0 aliphatic carbocycles. The number of aromatic nitrogens is 3. The molecule has 144 valence electrons. The fourth-order valence-corrected chi connectivity index (χ4v) is 3.86. The number of phenolic OH excluding ortho intramolecular Hbond substituents is 1. The molecule has 2 aromatic carbocycles. The molecule has 28 heavy (non-hydrogen) atoms. The van der Waals surface area contributed by atoms with Crippen molar-refractivity contribution < 1.29 is 9.90 Å². The number of rotatable bonds is 5. The Labute approximate surface area is 164 Å². The zero-order chi connectivity index (χ0) is 19.3. The van der Waals surface area contributed by atoms with Gasteiger partial charge in [0.1, 0.15) is 18.4 Å². The molecule has 1 aliphatic rings. The molecule has 3 aromatic rings. The zero-order valence-corrected chi connectivity index (χ0v) is 15.7. The third kappa shape index (κ3) is 4.06. The van der Waals surface area contributed by atoms with Crippen LogP contribution in [0.3, 0.4) is 0 Å². The number of carbonyl (C=O) groups is 1. The van der Waals surface area contributed by atoms with E-state index in [2.05, 4.69) is 10.2 Å². The average Bonchev–Trinajstić information content (AvgIpc) is 3.28. The molecule has 0 saturated carbocycles. The lowest BCUT2D eigenvalue weighted by atomic mass is 9.95. The maximum absolute atomic E-state index is 13.2. The average molecular weight is 376 g/mol. The van der Waals surface area contributed by atoms with Crippen LogP contribution in [0.4, 0.5) is 0 Å². The summed E-state index contributed by atoms with van der Waals surface area (Å²) in [6.07, 6.45) is 8.33. The minimum absolute atomic E-state index is 0.0883. The highest BCUT2D eigenvalue weighted by Gasteiger charge is 2.27. The highest BCUT2D eigenvalue weighted by Crippen LogP contribution is 2.24. The highest BCUT2D eigenvalue weighted by molar-refractivity contribution is 5.95. The van der Waals surface area contributed by atoms with Crippen molar-refractivity contribution in [2.24, 2.45) is 0 Å². The minimum Gasteiger partial charge on any atom is -0.508 e. The van der Waals surface area contributed by atoms with Crippen molar-refractivity contribution in [1.82, 2.24) is 19.7 Å². The van der Waals surface area contributed by atoms with Gasteiger partial charge in [0.2, 0.25) is 0 Å². The number of phenols is 1. The van der Waals surface area contributed by atoms with Gasteiger partial charge in [-0.3, -0.25) is 9.36 Å². The maximum Gasteiger partial charge on any atom is 0.254 e. The van der Waals surface area contributed by atoms with Gasteiger partial charge in [0, 0.05) is 23.8 Å². The van der Waals surface area contributed by atoms with Crippen LogP contribution in [0.2, 0.25) is 0 Å². The lowest BCUT2D eigenvalue weighted by Crippen LogP contribution is -2.44. The molecule has 6 heteroatoms. The van der Waals surface area contributed by atoms with Gasteiger partial charge in [0.05, 0.1) is 0 Å². The molecular weight excluding hydrogens is 352 g/mol. The lowest BCUT2D eigenvalue weighted by molar-refractivity contribution is 0.0602. The number of likely N-dealkylation sites (tertiary alicyclic amines) is 1. The van der Waals surface area contributed by atoms with Gasteiger partial charge in [-0.05, 0) is 68.0 Å². The van der Waals surface area contributed by atoms with E-state index in [4.69, 9.17) is 0 Å². The molecule has 0 bridgehead atoms. The first kappa shape index (κ1) is 18.2. The van der Waals surface area contributed by atoms with Gasteiger partial charge in [0.25, 0.3) is 5.91 Å². The van der Waals surface area contributed by atoms with Crippen LogP contribution < -0.4 is 0 Å². The summed E-state index contributed by atoms with van der Waals surface area (Å²) in [7, 11) is 0. The lowest BCUT2D eigenvalue weighted by Gasteiger charge is -2.36. The molecule has 2 heterocycles. The van der Waals surface area contributed by atoms with E-state index in [1.807, 2.05) is 41.3 Å². The largest absolute Gasteiger partial charge is 0.508 e. The number of hydrogen-bond donors (Lipinski definition) is 1. The van der Waals surface area contributed by atoms with Crippen LogP contribution in [0, 0.1) is 0 Å². The summed E-state index contributed by atoms with van der Waals surface area (Å²) in [5.41, 5.74) is 2.77. The number of benzene rings is 2. The Kier molecular flexibility index (Phi) is 5.37. The van der Waals surface area contributed by atoms with E-state index in [1.54, 1.807) is 29.4 Å². The molecule has 1 amide bonds. The van der Waals surface area contributed by atoms with Crippen molar-refractivity contribution in [2.45, 2.75) is 38.1 Å². The minimum atomic E-state index is 0.0883. The summed E-state index contributed by atoms with van der Waals surface area (Å²) in [4.78, 5) is 15.3. The van der Waals surface area contributed by atoms with Crippen molar-refractivity contribution in [2.75, 3.05) is 6.54 Å². The maximum atomic E-state index is 13.2. The first-order valence-corrected chi connectivity index (χ1v) is 9.74. The second-order valence-electron chi connectivity index (χ2n) is 7.27. The van der Waals surface area contributed by atoms with Crippen LogP contribution in [0.5, 0.6) is 5.75 Å². The van der Waals surface area contributed by atoms with Crippen LogP contribution >= 0.6 is 0 Å². The first-order chi connectivity index (χ1) is 13.7. The van der Waals surface area contributed by atoms with E-state index in [-0.39, 0.29) is 17.7 Å². The predicted octanol–water partition coefficient (Wildman–Crippen LogP) is 3.60. The van der Waals surface area contributed by atoms with Crippen LogP contribution in [-0.4, -0.2) is 43.3 Å². The number of aromatic hydroxyl groups is 1. The molecule has 0 spiro atoms. The number of amides is 1. The Hall–Kier alpha value is -3.15. The number of aryl methyl sites for hydroxylation is 1. The first-order valence-electron chi connectivity index (χ1n) is 9.74. The van der Waals surface area contributed by atoms with Crippen molar-refractivity contribution in [3.05, 3.63) is 72.3 Å². The second kappa shape index (κ2) is 8.25. The molecule has 6 nitrogen and oxygen atoms in total. The molecule has 1 atom stereocenters. The zero-order valence-electron chi connectivity index (χ0n) is 15.7. The Morgan fingerprint density at radius 3 is 2.64 bits per heavy atom. The topological polar surface area (TPSA) is 71.2 Å². The van der Waals surface area contributed by atoms with Crippen LogP contribution in [0.25, 0.3) is 5.69 Å². The van der Waals surface area contributed by atoms with Crippen LogP contribution in [0.15, 0.2) is 61.2 Å². The van der Waals surface area contributed by atoms with Crippen molar-refractivity contribution in [3.63, 3.8) is 0 Å². The Morgan fingerprint density at radius 1 is 1.07 bits per heavy atom. The number of piperidine rings is 1. The summed E-state index contributed by atoms with van der Waals surface area (Å²) in [5, 5.41) is 17.1. The van der Waals surface area contributed by atoms with Crippen molar-refractivity contribution in [1.29, 1.82) is 0 Å². The number of nitrogens with zero attached hydrogens (tertiary/aromatic N) is 4. The Morgan fingerprint density at radius 2 is 1.86 bits per heavy atom. The van der Waals surface area contributed by atoms with Gasteiger partial charge in [-0.2, -0.15) is 0 Å². The van der Waals surface area contributed by atoms with Crippen LogP contribution in [-0.2, 0) is 6.42 Å². The Balaban J connectivity index is 1.48. The molecule has 0 unspecified atom stereocenters. The van der Waals surface area contributed by atoms with E-state index in [9.17, 15) is 9.90 Å². The van der Waals surface area contributed by atoms with E-state index in [0.717, 1.165) is 44.3 Å². The van der Waals surface area contributed by atoms with Gasteiger partial charge in [0.15, 0.2) is 0 Å². The summed E-state index contributed by atoms with van der Waals surface area (Å²) in [5.74, 6) is 0.372. The summed E-state index contributed by atoms with van der Waals surface area (Å²) in [6.45, 7) is 0.802. The van der Waals surface area contributed by atoms with Crippen molar-refractivity contribution >= 4 is 5.91 Å². The van der Waals surface area contributed by atoms with Crippen LogP contribution in [0.1, 0.15) is 41.6 Å². The summed E-state index contributed by atoms with van der Waals surface area (Å²) in [6, 6.07) is 15.2. The van der Waals surface area contributed by atoms with Gasteiger partial charge >= 0.3 is 0 Å². The molecule has 1 N–H and O–H groups in total. The highest BCUT2D eigenvalue weighted by atomic mass is 16.3. The SMILES string of the molecule is O=C(c1cccc(-n2cnnc2)c1)N1CCCC[C@H]1CCc1ccc(O)cc1. The van der Waals surface area contributed by atoms with E-state index < -0.39 is 0 Å². The number of hydrogen-bond acceptors (Lipinski definition) is 4. The summed E-state index contributed by atoms with van der Waals surface area (Å²) < 4.78 is 1.80. The normalized spacial score (nSPS) is 16.9. The van der Waals surface area contributed by atoms with Gasteiger partial charge in [-0.15, -0.1) is 10.2 Å². The second-order valence-corrected chi connectivity index (χ2v) is 7.27. The predicted molar refractivity (Wildman–Crippen MR) is 106 cm³/mol. The van der Waals surface area contributed by atoms with E-state index >= 15 is 0 Å². The van der Waals surface area contributed by atoms with Gasteiger partial charge in [-0.25, -0.2) is 0 Å². The molecular formula is C22H24N4O2. The molecule has 1 saturated heterocycles. The molecule has 4 rings (SSSR count). The van der Waals surface area contributed by atoms with Crippen molar-refractivity contribution in [3.8, 4) is 11.4 Å².